The van der Waals surface area contributed by atoms with E-state index in [2.05, 4.69) is 29.7 Å². The van der Waals surface area contributed by atoms with E-state index >= 15 is 0 Å². The zero-order chi connectivity index (χ0) is 15.8. The summed E-state index contributed by atoms with van der Waals surface area (Å²) in [6.45, 7) is 2.68. The van der Waals surface area contributed by atoms with E-state index in [1.807, 2.05) is 24.3 Å². The first-order chi connectivity index (χ1) is 10.7. The second-order valence-corrected chi connectivity index (χ2v) is 5.04. The molecule has 0 aliphatic rings. The van der Waals surface area contributed by atoms with Gasteiger partial charge in [-0.3, -0.25) is 0 Å². The molecule has 0 radical (unpaired) electrons. The standard InChI is InChI=1S/C18H19N3O/c1-2-15(16-8-4-3-5-9-16)13-20-18(22)21-17-10-6-7-14(11-17)12-19/h3-11,15H,2,13H2,1H3,(H2,20,21,22). The van der Waals surface area contributed by atoms with Crippen molar-refractivity contribution < 1.29 is 4.79 Å². The molecule has 22 heavy (non-hydrogen) atoms. The first kappa shape index (κ1) is 15.6. The molecule has 2 rings (SSSR count). The predicted octanol–water partition coefficient (Wildman–Crippen LogP) is 3.87. The number of amides is 2. The molecule has 0 saturated carbocycles. The lowest BCUT2D eigenvalue weighted by molar-refractivity contribution is 0.251. The third-order valence-electron chi connectivity index (χ3n) is 3.52. The highest BCUT2D eigenvalue weighted by atomic mass is 16.2. The maximum atomic E-state index is 12.0. The van der Waals surface area contributed by atoms with Gasteiger partial charge in [-0.2, -0.15) is 5.26 Å². The number of urea groups is 1. The van der Waals surface area contributed by atoms with Crippen LogP contribution in [0.5, 0.6) is 0 Å². The number of nitriles is 1. The van der Waals surface area contributed by atoms with E-state index in [1.54, 1.807) is 24.3 Å². The second kappa shape index (κ2) is 7.84. The Morgan fingerprint density at radius 3 is 2.64 bits per heavy atom. The highest BCUT2D eigenvalue weighted by Gasteiger charge is 2.10. The summed E-state index contributed by atoms with van der Waals surface area (Å²) in [5.41, 5.74) is 2.36. The Morgan fingerprint density at radius 2 is 1.95 bits per heavy atom. The van der Waals surface area contributed by atoms with Gasteiger partial charge < -0.3 is 10.6 Å². The van der Waals surface area contributed by atoms with Gasteiger partial charge in [0.05, 0.1) is 11.6 Å². The first-order valence-corrected chi connectivity index (χ1v) is 7.33. The molecule has 1 unspecified atom stereocenters. The molecule has 0 fully saturated rings. The normalized spacial score (nSPS) is 11.3. The summed E-state index contributed by atoms with van der Waals surface area (Å²) in [6.07, 6.45) is 0.953. The van der Waals surface area contributed by atoms with E-state index in [-0.39, 0.29) is 11.9 Å². The Balaban J connectivity index is 1.90. The molecular weight excluding hydrogens is 274 g/mol. The summed E-state index contributed by atoms with van der Waals surface area (Å²) in [4.78, 5) is 12.0. The van der Waals surface area contributed by atoms with Gasteiger partial charge in [0.25, 0.3) is 0 Å². The quantitative estimate of drug-likeness (QED) is 0.878. The molecule has 2 amide bonds. The van der Waals surface area contributed by atoms with E-state index in [9.17, 15) is 4.79 Å². The number of hydrogen-bond donors (Lipinski definition) is 2. The monoisotopic (exact) mass is 293 g/mol. The van der Waals surface area contributed by atoms with E-state index in [1.165, 1.54) is 5.56 Å². The molecule has 2 N–H and O–H groups in total. The number of nitrogens with one attached hydrogen (secondary N) is 2. The molecule has 0 heterocycles. The fraction of sp³-hybridized carbons (Fsp3) is 0.222. The van der Waals surface area contributed by atoms with Crippen LogP contribution in [-0.4, -0.2) is 12.6 Å². The minimum absolute atomic E-state index is 0.260. The fourth-order valence-corrected chi connectivity index (χ4v) is 2.28. The summed E-state index contributed by atoms with van der Waals surface area (Å²) in [6, 6.07) is 18.8. The first-order valence-electron chi connectivity index (χ1n) is 7.33. The smallest absolute Gasteiger partial charge is 0.319 e. The fourth-order valence-electron chi connectivity index (χ4n) is 2.28. The van der Waals surface area contributed by atoms with Crippen molar-refractivity contribution in [1.82, 2.24) is 5.32 Å². The molecule has 112 valence electrons. The maximum Gasteiger partial charge on any atom is 0.319 e. The van der Waals surface area contributed by atoms with Gasteiger partial charge >= 0.3 is 6.03 Å². The number of benzene rings is 2. The topological polar surface area (TPSA) is 64.9 Å². The number of rotatable bonds is 5. The minimum Gasteiger partial charge on any atom is -0.337 e. The lowest BCUT2D eigenvalue weighted by Crippen LogP contribution is -2.32. The van der Waals surface area contributed by atoms with Gasteiger partial charge in [0.1, 0.15) is 0 Å². The van der Waals surface area contributed by atoms with Gasteiger partial charge in [-0.05, 0) is 30.2 Å². The molecule has 4 heteroatoms. The van der Waals surface area contributed by atoms with Gasteiger partial charge in [0, 0.05) is 18.2 Å². The number of carbonyl (C=O) groups excluding carboxylic acids is 1. The van der Waals surface area contributed by atoms with Crippen molar-refractivity contribution in [3.05, 3.63) is 65.7 Å². The molecule has 4 nitrogen and oxygen atoms in total. The Hall–Kier alpha value is -2.80. The summed E-state index contributed by atoms with van der Waals surface area (Å²) < 4.78 is 0. The van der Waals surface area contributed by atoms with Crippen LogP contribution >= 0.6 is 0 Å². The summed E-state index contributed by atoms with van der Waals surface area (Å²) in [5.74, 6) is 0.289. The maximum absolute atomic E-state index is 12.0. The number of carbonyl (C=O) groups is 1. The van der Waals surface area contributed by atoms with Crippen LogP contribution in [0.4, 0.5) is 10.5 Å². The van der Waals surface area contributed by atoms with Crippen molar-refractivity contribution in [2.75, 3.05) is 11.9 Å². The van der Waals surface area contributed by atoms with Crippen molar-refractivity contribution in [2.45, 2.75) is 19.3 Å². The van der Waals surface area contributed by atoms with Crippen molar-refractivity contribution in [1.29, 1.82) is 5.26 Å². The van der Waals surface area contributed by atoms with Crippen molar-refractivity contribution in [3.63, 3.8) is 0 Å². The van der Waals surface area contributed by atoms with E-state index in [0.29, 0.717) is 17.8 Å². The molecule has 0 aliphatic carbocycles. The number of anilines is 1. The SMILES string of the molecule is CCC(CNC(=O)Nc1cccc(C#N)c1)c1ccccc1. The molecule has 0 aliphatic heterocycles. The lowest BCUT2D eigenvalue weighted by atomic mass is 9.97. The van der Waals surface area contributed by atoms with Crippen LogP contribution < -0.4 is 10.6 Å². The van der Waals surface area contributed by atoms with E-state index in [0.717, 1.165) is 6.42 Å². The average molecular weight is 293 g/mol. The van der Waals surface area contributed by atoms with Gasteiger partial charge in [-0.1, -0.05) is 43.3 Å². The largest absolute Gasteiger partial charge is 0.337 e. The van der Waals surface area contributed by atoms with Crippen molar-refractivity contribution in [3.8, 4) is 6.07 Å². The number of nitrogens with zero attached hydrogens (tertiary/aromatic N) is 1. The lowest BCUT2D eigenvalue weighted by Gasteiger charge is -2.16. The predicted molar refractivity (Wildman–Crippen MR) is 87.7 cm³/mol. The highest BCUT2D eigenvalue weighted by molar-refractivity contribution is 5.89. The van der Waals surface area contributed by atoms with Crippen LogP contribution in [0.2, 0.25) is 0 Å². The van der Waals surface area contributed by atoms with Crippen molar-refractivity contribution >= 4 is 11.7 Å². The third kappa shape index (κ3) is 4.35. The molecule has 1 atom stereocenters. The highest BCUT2D eigenvalue weighted by Crippen LogP contribution is 2.18. The van der Waals surface area contributed by atoms with Crippen LogP contribution in [0.3, 0.4) is 0 Å². The molecule has 0 saturated heterocycles. The van der Waals surface area contributed by atoms with Gasteiger partial charge in [0.15, 0.2) is 0 Å². The minimum atomic E-state index is -0.260. The Bertz CT molecular complexity index is 662. The summed E-state index contributed by atoms with van der Waals surface area (Å²) in [7, 11) is 0. The van der Waals surface area contributed by atoms with Crippen LogP contribution in [0, 0.1) is 11.3 Å². The molecule has 0 spiro atoms. The van der Waals surface area contributed by atoms with Crippen LogP contribution in [0.15, 0.2) is 54.6 Å². The summed E-state index contributed by atoms with van der Waals surface area (Å²) >= 11 is 0. The average Bonchev–Trinajstić information content (AvgIpc) is 2.56. The molecule has 0 bridgehead atoms. The van der Waals surface area contributed by atoms with Crippen molar-refractivity contribution in [2.24, 2.45) is 0 Å². The van der Waals surface area contributed by atoms with Gasteiger partial charge in [-0.15, -0.1) is 0 Å². The zero-order valence-corrected chi connectivity index (χ0v) is 12.5. The molecular formula is C18H19N3O. The van der Waals surface area contributed by atoms with E-state index in [4.69, 9.17) is 5.26 Å². The third-order valence-corrected chi connectivity index (χ3v) is 3.52. The Kier molecular flexibility index (Phi) is 5.56. The van der Waals surface area contributed by atoms with Crippen LogP contribution in [0.25, 0.3) is 0 Å². The Labute approximate surface area is 130 Å². The van der Waals surface area contributed by atoms with Crippen LogP contribution in [0.1, 0.15) is 30.4 Å². The summed E-state index contributed by atoms with van der Waals surface area (Å²) in [5, 5.41) is 14.5. The van der Waals surface area contributed by atoms with Gasteiger partial charge in [-0.25, -0.2) is 4.79 Å². The van der Waals surface area contributed by atoms with E-state index < -0.39 is 0 Å². The molecule has 2 aromatic carbocycles. The Morgan fingerprint density at radius 1 is 1.18 bits per heavy atom. The second-order valence-electron chi connectivity index (χ2n) is 5.04. The molecule has 2 aromatic rings. The van der Waals surface area contributed by atoms with Crippen LogP contribution in [-0.2, 0) is 0 Å². The zero-order valence-electron chi connectivity index (χ0n) is 12.5. The number of hydrogen-bond acceptors (Lipinski definition) is 2. The van der Waals surface area contributed by atoms with Gasteiger partial charge in [0.2, 0.25) is 0 Å². The molecule has 0 aromatic heterocycles.